The molecular weight excluding hydrogens is 615 g/mol. The van der Waals surface area contributed by atoms with E-state index in [2.05, 4.69) is 18.2 Å². The molecule has 1 heteroatoms. The minimum absolute atomic E-state index is 0.120. The van der Waals surface area contributed by atoms with Crippen molar-refractivity contribution >= 4 is 38.6 Å². The van der Waals surface area contributed by atoms with Crippen molar-refractivity contribution in [3.05, 3.63) is 212 Å². The SMILES string of the molecule is [2H]c1c([2H])c(-c2ccc3ccccc3c2)c([2H])c(N(c2ccc(-c3cccc(-c4ccccc4)c3)cc2)c2c([2H])c([2H])c(-c3ccc4ccccc4c3)c([2H])c2[2H])c1[2H]. The number of benzene rings is 9. The van der Waals surface area contributed by atoms with Crippen LogP contribution in [0.4, 0.5) is 17.1 Å². The molecule has 9 aromatic carbocycles. The van der Waals surface area contributed by atoms with Crippen LogP contribution in [0.25, 0.3) is 66.1 Å². The molecule has 0 fully saturated rings. The summed E-state index contributed by atoms with van der Waals surface area (Å²) in [7, 11) is 0. The molecule has 0 radical (unpaired) electrons. The third-order valence-corrected chi connectivity index (χ3v) is 9.18. The van der Waals surface area contributed by atoms with Gasteiger partial charge in [0, 0.05) is 17.1 Å². The van der Waals surface area contributed by atoms with E-state index in [1.54, 1.807) is 24.3 Å². The Morgan fingerprint density at radius 3 is 1.45 bits per heavy atom. The van der Waals surface area contributed by atoms with Crippen molar-refractivity contribution in [1.29, 1.82) is 0 Å². The van der Waals surface area contributed by atoms with Gasteiger partial charge in [0.2, 0.25) is 0 Å². The number of nitrogens with zero attached hydrogens (tertiary/aromatic N) is 1. The topological polar surface area (TPSA) is 3.24 Å². The zero-order chi connectivity index (χ0) is 40.9. The van der Waals surface area contributed by atoms with Gasteiger partial charge in [-0.1, -0.05) is 158 Å². The highest BCUT2D eigenvalue weighted by molar-refractivity contribution is 5.90. The Kier molecular flexibility index (Phi) is 5.96. The highest BCUT2D eigenvalue weighted by Crippen LogP contribution is 2.39. The lowest BCUT2D eigenvalue weighted by molar-refractivity contribution is 1.28. The van der Waals surface area contributed by atoms with Crippen LogP contribution in [-0.2, 0) is 0 Å². The predicted molar refractivity (Wildman–Crippen MR) is 218 cm³/mol. The van der Waals surface area contributed by atoms with Crippen molar-refractivity contribution in [1.82, 2.24) is 0 Å². The van der Waals surface area contributed by atoms with Crippen LogP contribution in [0, 0.1) is 0 Å². The van der Waals surface area contributed by atoms with Crippen LogP contribution in [0.3, 0.4) is 0 Å². The Bertz CT molecular complexity index is 3060. The Morgan fingerprint density at radius 2 is 0.804 bits per heavy atom. The summed E-state index contributed by atoms with van der Waals surface area (Å²) in [4.78, 5) is 1.39. The molecule has 0 atom stereocenters. The molecule has 9 rings (SSSR count). The smallest absolute Gasteiger partial charge is 0.0651 e. The Balaban J connectivity index is 1.26. The molecule has 0 saturated heterocycles. The van der Waals surface area contributed by atoms with Gasteiger partial charge in [-0.25, -0.2) is 0 Å². The molecule has 1 nitrogen and oxygen atoms in total. The third-order valence-electron chi connectivity index (χ3n) is 9.18. The van der Waals surface area contributed by atoms with E-state index in [-0.39, 0.29) is 58.8 Å². The lowest BCUT2D eigenvalue weighted by Gasteiger charge is -2.26. The Labute approximate surface area is 310 Å². The van der Waals surface area contributed by atoms with E-state index < -0.39 is 12.1 Å². The first-order valence-corrected chi connectivity index (χ1v) is 16.9. The van der Waals surface area contributed by atoms with E-state index in [9.17, 15) is 8.22 Å². The fraction of sp³-hybridized carbons (Fsp3) is 0. The second-order valence-electron chi connectivity index (χ2n) is 12.4. The maximum Gasteiger partial charge on any atom is 0.0651 e. The number of hydrogen-bond acceptors (Lipinski definition) is 1. The second kappa shape index (κ2) is 13.3. The summed E-state index contributed by atoms with van der Waals surface area (Å²) < 4.78 is 74.7. The summed E-state index contributed by atoms with van der Waals surface area (Å²) in [6.45, 7) is 0. The van der Waals surface area contributed by atoms with Crippen LogP contribution in [0.5, 0.6) is 0 Å². The molecule has 240 valence electrons. The molecule has 0 unspecified atom stereocenters. The van der Waals surface area contributed by atoms with Crippen LogP contribution in [-0.4, -0.2) is 0 Å². The summed E-state index contributed by atoms with van der Waals surface area (Å²) in [6, 6.07) is 49.2. The van der Waals surface area contributed by atoms with Crippen molar-refractivity contribution < 1.29 is 11.0 Å². The van der Waals surface area contributed by atoms with Gasteiger partial charge < -0.3 is 4.90 Å². The monoisotopic (exact) mass is 657 g/mol. The van der Waals surface area contributed by atoms with Gasteiger partial charge in [-0.3, -0.25) is 0 Å². The first-order valence-electron chi connectivity index (χ1n) is 20.9. The summed E-state index contributed by atoms with van der Waals surface area (Å²) in [5.41, 5.74) is 5.26. The van der Waals surface area contributed by atoms with Gasteiger partial charge in [0.05, 0.1) is 11.0 Å². The number of anilines is 3. The van der Waals surface area contributed by atoms with Gasteiger partial charge in [-0.15, -0.1) is 0 Å². The van der Waals surface area contributed by atoms with Crippen LogP contribution in [0.15, 0.2) is 212 Å². The van der Waals surface area contributed by atoms with Gasteiger partial charge in [-0.05, 0) is 121 Å². The molecule has 0 saturated carbocycles. The van der Waals surface area contributed by atoms with Gasteiger partial charge in [0.1, 0.15) is 0 Å². The largest absolute Gasteiger partial charge is 0.310 e. The fourth-order valence-corrected chi connectivity index (χ4v) is 6.52. The van der Waals surface area contributed by atoms with Crippen LogP contribution >= 0.6 is 0 Å². The van der Waals surface area contributed by atoms with Crippen molar-refractivity contribution in [2.24, 2.45) is 0 Å². The lowest BCUT2D eigenvalue weighted by Crippen LogP contribution is -2.10. The van der Waals surface area contributed by atoms with Gasteiger partial charge in [-0.2, -0.15) is 0 Å². The van der Waals surface area contributed by atoms with E-state index >= 15 is 0 Å². The minimum atomic E-state index is -0.445. The van der Waals surface area contributed by atoms with Crippen molar-refractivity contribution in [2.75, 3.05) is 4.90 Å². The summed E-state index contributed by atoms with van der Waals surface area (Å²) in [6.07, 6.45) is 0. The minimum Gasteiger partial charge on any atom is -0.310 e. The molecule has 0 aromatic heterocycles. The standard InChI is InChI=1S/C50H35N/c1-2-10-36(11-3-1)43-16-8-17-44(32-43)39-24-28-48(29-25-39)51(49-30-26-40(27-31-49)46-22-20-37-12-4-6-14-41(37)33-46)50-19-9-18-45(35-50)47-23-21-38-13-5-7-15-42(38)34-47/h1-35H/i9D,18D,19D,26D,27D,30D,31D,35D. The van der Waals surface area contributed by atoms with Gasteiger partial charge >= 0.3 is 0 Å². The predicted octanol–water partition coefficient (Wildman–Crippen LogP) is 14.1. The zero-order valence-electron chi connectivity index (χ0n) is 35.5. The fourth-order valence-electron chi connectivity index (χ4n) is 6.52. The van der Waals surface area contributed by atoms with E-state index in [4.69, 9.17) is 2.74 Å². The van der Waals surface area contributed by atoms with Gasteiger partial charge in [0.15, 0.2) is 0 Å². The van der Waals surface area contributed by atoms with E-state index in [1.165, 1.54) is 4.90 Å². The van der Waals surface area contributed by atoms with E-state index in [0.29, 0.717) is 16.8 Å². The summed E-state index contributed by atoms with van der Waals surface area (Å²) in [5.74, 6) is 0. The molecular formula is C50H35N. The lowest BCUT2D eigenvalue weighted by atomic mass is 9.98. The van der Waals surface area contributed by atoms with Gasteiger partial charge in [0.25, 0.3) is 0 Å². The molecule has 0 aliphatic rings. The van der Waals surface area contributed by atoms with Crippen molar-refractivity contribution in [3.8, 4) is 44.5 Å². The van der Waals surface area contributed by atoms with Crippen LogP contribution in [0.2, 0.25) is 0 Å². The molecule has 51 heavy (non-hydrogen) atoms. The summed E-state index contributed by atoms with van der Waals surface area (Å²) >= 11 is 0. The molecule has 0 aliphatic heterocycles. The van der Waals surface area contributed by atoms with Crippen molar-refractivity contribution in [3.63, 3.8) is 0 Å². The molecule has 0 aliphatic carbocycles. The Morgan fingerprint density at radius 1 is 0.294 bits per heavy atom. The molecule has 0 N–H and O–H groups in total. The van der Waals surface area contributed by atoms with Crippen LogP contribution in [0.1, 0.15) is 11.0 Å². The van der Waals surface area contributed by atoms with Crippen molar-refractivity contribution in [2.45, 2.75) is 0 Å². The maximum atomic E-state index is 9.70. The molecule has 0 heterocycles. The maximum absolute atomic E-state index is 9.70. The van der Waals surface area contributed by atoms with E-state index in [1.807, 2.05) is 121 Å². The normalized spacial score (nSPS) is 13.3. The summed E-state index contributed by atoms with van der Waals surface area (Å²) in [5, 5.41) is 3.70. The quantitative estimate of drug-likeness (QED) is 0.165. The highest BCUT2D eigenvalue weighted by atomic mass is 15.1. The average molecular weight is 658 g/mol. The number of rotatable bonds is 7. The highest BCUT2D eigenvalue weighted by Gasteiger charge is 2.15. The first kappa shape index (κ1) is 22.8. The Hall–Kier alpha value is -6.70. The molecule has 0 amide bonds. The van der Waals surface area contributed by atoms with Crippen LogP contribution < -0.4 is 4.90 Å². The average Bonchev–Trinajstić information content (AvgIpc) is 3.27. The molecule has 0 bridgehead atoms. The third kappa shape index (κ3) is 6.18. The second-order valence-corrected chi connectivity index (χ2v) is 12.4. The number of fused-ring (bicyclic) bond motifs is 2. The number of hydrogen-bond donors (Lipinski definition) is 0. The zero-order valence-corrected chi connectivity index (χ0v) is 27.5. The first-order chi connectivity index (χ1) is 28.6. The van der Waals surface area contributed by atoms with E-state index in [0.717, 1.165) is 43.8 Å². The molecule has 0 spiro atoms. The molecule has 9 aromatic rings.